The molecule has 1 amide bonds. The van der Waals surface area contributed by atoms with Gasteiger partial charge in [-0.15, -0.1) is 0 Å². The molecule has 33 heavy (non-hydrogen) atoms. The molecule has 8 nitrogen and oxygen atoms in total. The Morgan fingerprint density at radius 1 is 1.00 bits per heavy atom. The van der Waals surface area contributed by atoms with Crippen molar-refractivity contribution in [2.24, 2.45) is 5.10 Å². The molecule has 3 rings (SSSR count). The van der Waals surface area contributed by atoms with Crippen LogP contribution >= 0.6 is 22.6 Å². The number of methoxy groups -OCH3 is 1. The molecule has 170 valence electrons. The van der Waals surface area contributed by atoms with Crippen LogP contribution in [0.5, 0.6) is 17.2 Å². The number of rotatable bonds is 10. The smallest absolute Gasteiger partial charge is 0.335 e. The first-order chi connectivity index (χ1) is 16.0. The number of aromatic carboxylic acids is 1. The van der Waals surface area contributed by atoms with E-state index in [2.05, 4.69) is 33.1 Å². The molecule has 0 aliphatic heterocycles. The Hall–Kier alpha value is -3.60. The van der Waals surface area contributed by atoms with Crippen molar-refractivity contribution in [3.8, 4) is 17.2 Å². The van der Waals surface area contributed by atoms with E-state index in [1.165, 1.54) is 25.5 Å². The fraction of sp³-hybridized carbons (Fsp3) is 0.125. The highest BCUT2D eigenvalue weighted by Crippen LogP contribution is 2.28. The number of halogens is 1. The Kier molecular flexibility index (Phi) is 8.64. The number of carboxylic acids is 1. The summed E-state index contributed by atoms with van der Waals surface area (Å²) in [7, 11) is 1.52. The van der Waals surface area contributed by atoms with Gasteiger partial charge in [0.05, 0.1) is 22.5 Å². The predicted molar refractivity (Wildman–Crippen MR) is 131 cm³/mol. The molecular weight excluding hydrogens is 539 g/mol. The van der Waals surface area contributed by atoms with Crippen LogP contribution in [0.2, 0.25) is 0 Å². The SMILES string of the molecule is COc1cc(/C=N/NC(=O)COc2ccccc2I)ccc1OCc1ccc(C(=O)O)cc1. The van der Waals surface area contributed by atoms with Crippen molar-refractivity contribution < 1.29 is 28.9 Å². The highest BCUT2D eigenvalue weighted by atomic mass is 127. The average Bonchev–Trinajstić information content (AvgIpc) is 2.82. The zero-order valence-corrected chi connectivity index (χ0v) is 19.8. The van der Waals surface area contributed by atoms with Gasteiger partial charge >= 0.3 is 5.97 Å². The third-order valence-electron chi connectivity index (χ3n) is 4.38. The van der Waals surface area contributed by atoms with Crippen LogP contribution in [-0.4, -0.2) is 36.9 Å². The fourth-order valence-electron chi connectivity index (χ4n) is 2.70. The van der Waals surface area contributed by atoms with Crippen LogP contribution in [0.4, 0.5) is 0 Å². The summed E-state index contributed by atoms with van der Waals surface area (Å²) < 4.78 is 17.6. The van der Waals surface area contributed by atoms with E-state index in [0.29, 0.717) is 22.8 Å². The summed E-state index contributed by atoms with van der Waals surface area (Å²) in [6, 6.07) is 19.1. The van der Waals surface area contributed by atoms with Crippen molar-refractivity contribution in [1.29, 1.82) is 0 Å². The molecule has 9 heteroatoms. The number of hydrogen-bond donors (Lipinski definition) is 2. The zero-order valence-electron chi connectivity index (χ0n) is 17.7. The number of carbonyl (C=O) groups excluding carboxylic acids is 1. The van der Waals surface area contributed by atoms with E-state index < -0.39 is 5.97 Å². The van der Waals surface area contributed by atoms with Gasteiger partial charge in [-0.1, -0.05) is 24.3 Å². The minimum absolute atomic E-state index is 0.152. The lowest BCUT2D eigenvalue weighted by Crippen LogP contribution is -2.24. The van der Waals surface area contributed by atoms with Crippen LogP contribution in [-0.2, 0) is 11.4 Å². The molecule has 0 bridgehead atoms. The van der Waals surface area contributed by atoms with E-state index in [0.717, 1.165) is 9.13 Å². The lowest BCUT2D eigenvalue weighted by molar-refractivity contribution is -0.123. The standard InChI is InChI=1S/C24H21IN2O6/c1-31-22-12-17(13-26-27-23(28)15-33-20-5-3-2-4-19(20)25)8-11-21(22)32-14-16-6-9-18(10-7-16)24(29)30/h2-13H,14-15H2,1H3,(H,27,28)(H,29,30)/b26-13+. The molecule has 0 aromatic heterocycles. The molecular formula is C24H21IN2O6. The summed E-state index contributed by atoms with van der Waals surface area (Å²) >= 11 is 2.14. The maximum Gasteiger partial charge on any atom is 0.335 e. The number of carboxylic acid groups (broad SMARTS) is 1. The van der Waals surface area contributed by atoms with Crippen LogP contribution in [0.1, 0.15) is 21.5 Å². The van der Waals surface area contributed by atoms with Crippen molar-refractivity contribution in [2.45, 2.75) is 6.61 Å². The highest BCUT2D eigenvalue weighted by Gasteiger charge is 2.08. The lowest BCUT2D eigenvalue weighted by Gasteiger charge is -2.11. The summed E-state index contributed by atoms with van der Waals surface area (Å²) in [6.07, 6.45) is 1.49. The molecule has 3 aromatic carbocycles. The van der Waals surface area contributed by atoms with Gasteiger partial charge < -0.3 is 19.3 Å². The molecule has 0 saturated carbocycles. The lowest BCUT2D eigenvalue weighted by atomic mass is 10.1. The zero-order chi connectivity index (χ0) is 23.6. The van der Waals surface area contributed by atoms with Crippen LogP contribution in [0.25, 0.3) is 0 Å². The second kappa shape index (κ2) is 11.9. The summed E-state index contributed by atoms with van der Waals surface area (Å²) in [6.45, 7) is 0.0982. The Labute approximate surface area is 204 Å². The Balaban J connectivity index is 1.53. The number of amides is 1. The van der Waals surface area contributed by atoms with Crippen molar-refractivity contribution in [2.75, 3.05) is 13.7 Å². The number of nitrogens with zero attached hydrogens (tertiary/aromatic N) is 1. The van der Waals surface area contributed by atoms with E-state index in [4.69, 9.17) is 19.3 Å². The van der Waals surface area contributed by atoms with Gasteiger partial charge in [0.2, 0.25) is 0 Å². The number of para-hydroxylation sites is 1. The number of hydrazone groups is 1. The number of nitrogens with one attached hydrogen (secondary N) is 1. The Morgan fingerprint density at radius 3 is 2.45 bits per heavy atom. The molecule has 0 fully saturated rings. The number of hydrogen-bond acceptors (Lipinski definition) is 6. The van der Waals surface area contributed by atoms with Gasteiger partial charge in [0.15, 0.2) is 18.1 Å². The Bertz CT molecular complexity index is 1150. The van der Waals surface area contributed by atoms with Crippen molar-refractivity contribution in [3.63, 3.8) is 0 Å². The minimum Gasteiger partial charge on any atom is -0.493 e. The van der Waals surface area contributed by atoms with Gasteiger partial charge in [0.1, 0.15) is 12.4 Å². The van der Waals surface area contributed by atoms with Gasteiger partial charge in [-0.3, -0.25) is 4.79 Å². The fourth-order valence-corrected chi connectivity index (χ4v) is 3.25. The van der Waals surface area contributed by atoms with Crippen molar-refractivity contribution in [1.82, 2.24) is 5.43 Å². The molecule has 0 atom stereocenters. The third kappa shape index (κ3) is 7.21. The second-order valence-corrected chi connectivity index (χ2v) is 7.88. The molecule has 0 aliphatic carbocycles. The quantitative estimate of drug-likeness (QED) is 0.220. The van der Waals surface area contributed by atoms with E-state index in [1.807, 2.05) is 18.2 Å². The summed E-state index contributed by atoms with van der Waals surface area (Å²) in [5.74, 6) is 0.291. The van der Waals surface area contributed by atoms with Crippen LogP contribution in [0.15, 0.2) is 71.8 Å². The van der Waals surface area contributed by atoms with E-state index in [-0.39, 0.29) is 24.7 Å². The van der Waals surface area contributed by atoms with Gasteiger partial charge in [0.25, 0.3) is 5.91 Å². The maximum absolute atomic E-state index is 11.9. The first kappa shape index (κ1) is 24.1. The first-order valence-corrected chi connectivity index (χ1v) is 10.9. The van der Waals surface area contributed by atoms with Gasteiger partial charge in [-0.05, 0) is 76.2 Å². The largest absolute Gasteiger partial charge is 0.493 e. The molecule has 2 N–H and O–H groups in total. The minimum atomic E-state index is -0.976. The van der Waals surface area contributed by atoms with Gasteiger partial charge in [-0.2, -0.15) is 5.10 Å². The molecule has 0 saturated heterocycles. The van der Waals surface area contributed by atoms with E-state index >= 15 is 0 Å². The van der Waals surface area contributed by atoms with Crippen LogP contribution in [0, 0.1) is 3.57 Å². The number of benzene rings is 3. The second-order valence-electron chi connectivity index (χ2n) is 6.71. The number of ether oxygens (including phenoxy) is 3. The first-order valence-electron chi connectivity index (χ1n) is 9.78. The van der Waals surface area contributed by atoms with Gasteiger partial charge in [-0.25, -0.2) is 10.2 Å². The number of carbonyl (C=O) groups is 2. The molecule has 3 aromatic rings. The highest BCUT2D eigenvalue weighted by molar-refractivity contribution is 14.1. The Morgan fingerprint density at radius 2 is 1.76 bits per heavy atom. The molecule has 0 heterocycles. The van der Waals surface area contributed by atoms with Crippen LogP contribution < -0.4 is 19.6 Å². The third-order valence-corrected chi connectivity index (χ3v) is 5.27. The topological polar surface area (TPSA) is 106 Å². The molecule has 0 spiro atoms. The maximum atomic E-state index is 11.9. The monoisotopic (exact) mass is 560 g/mol. The molecule has 0 unspecified atom stereocenters. The summed E-state index contributed by atoms with van der Waals surface area (Å²) in [5, 5.41) is 12.9. The van der Waals surface area contributed by atoms with Crippen molar-refractivity contribution in [3.05, 3.63) is 87.0 Å². The van der Waals surface area contributed by atoms with E-state index in [9.17, 15) is 9.59 Å². The normalized spacial score (nSPS) is 10.6. The van der Waals surface area contributed by atoms with Crippen LogP contribution in [0.3, 0.4) is 0 Å². The molecule has 0 aliphatic rings. The van der Waals surface area contributed by atoms with E-state index in [1.54, 1.807) is 36.4 Å². The summed E-state index contributed by atoms with van der Waals surface area (Å²) in [4.78, 5) is 22.9. The predicted octanol–water partition coefficient (Wildman–Crippen LogP) is 4.11. The molecule has 0 radical (unpaired) electrons. The average molecular weight is 560 g/mol. The van der Waals surface area contributed by atoms with Crippen molar-refractivity contribution >= 4 is 40.7 Å². The summed E-state index contributed by atoms with van der Waals surface area (Å²) in [5.41, 5.74) is 4.16. The van der Waals surface area contributed by atoms with Gasteiger partial charge in [0, 0.05) is 0 Å².